The molecule has 3 nitrogen and oxygen atoms in total. The van der Waals surface area contributed by atoms with Crippen molar-refractivity contribution in [2.24, 2.45) is 11.7 Å². The highest BCUT2D eigenvalue weighted by Crippen LogP contribution is 2.10. The first-order chi connectivity index (χ1) is 8.08. The first-order valence-corrected chi connectivity index (χ1v) is 6.12. The molecule has 1 aromatic rings. The van der Waals surface area contributed by atoms with Gasteiger partial charge in [0.2, 0.25) is 5.91 Å². The van der Waals surface area contributed by atoms with Gasteiger partial charge in [-0.25, -0.2) is 0 Å². The molecule has 1 amide bonds. The third kappa shape index (κ3) is 3.86. The van der Waals surface area contributed by atoms with Crippen molar-refractivity contribution < 1.29 is 4.79 Å². The summed E-state index contributed by atoms with van der Waals surface area (Å²) in [5.41, 5.74) is 9.14. The Labute approximate surface area is 103 Å². The van der Waals surface area contributed by atoms with E-state index in [4.69, 9.17) is 5.73 Å². The van der Waals surface area contributed by atoms with E-state index in [1.54, 1.807) is 0 Å². The number of rotatable bonds is 5. The fraction of sp³-hybridized carbons (Fsp3) is 0.500. The second-order valence-electron chi connectivity index (χ2n) is 4.49. The van der Waals surface area contributed by atoms with Crippen LogP contribution in [0.15, 0.2) is 18.2 Å². The molecule has 1 atom stereocenters. The molecule has 0 spiro atoms. The van der Waals surface area contributed by atoms with Gasteiger partial charge in [-0.3, -0.25) is 4.79 Å². The Kier molecular flexibility index (Phi) is 5.16. The summed E-state index contributed by atoms with van der Waals surface area (Å²) in [6.45, 7) is 7.09. The third-order valence-electron chi connectivity index (χ3n) is 3.11. The maximum absolute atomic E-state index is 11.8. The van der Waals surface area contributed by atoms with Crippen LogP contribution in [0, 0.1) is 19.8 Å². The number of carbonyl (C=O) groups is 1. The molecule has 0 aliphatic rings. The van der Waals surface area contributed by atoms with Gasteiger partial charge in [0.25, 0.3) is 0 Å². The molecule has 1 unspecified atom stereocenters. The average molecular weight is 234 g/mol. The van der Waals surface area contributed by atoms with Crippen molar-refractivity contribution in [3.8, 4) is 0 Å². The number of amides is 1. The number of nitrogens with two attached hydrogens (primary N) is 1. The predicted octanol–water partition coefficient (Wildman–Crippen LogP) is 1.90. The molecule has 3 heteroatoms. The Morgan fingerprint density at radius 2 is 2.12 bits per heavy atom. The number of nitrogens with one attached hydrogen (secondary N) is 1. The van der Waals surface area contributed by atoms with E-state index in [-0.39, 0.29) is 11.8 Å². The number of carbonyl (C=O) groups excluding carboxylic acids is 1. The van der Waals surface area contributed by atoms with Gasteiger partial charge in [0.15, 0.2) is 0 Å². The quantitative estimate of drug-likeness (QED) is 0.817. The van der Waals surface area contributed by atoms with E-state index in [9.17, 15) is 4.79 Å². The zero-order valence-electron chi connectivity index (χ0n) is 10.9. The van der Waals surface area contributed by atoms with E-state index in [0.717, 1.165) is 6.42 Å². The maximum atomic E-state index is 11.8. The number of hydrogen-bond acceptors (Lipinski definition) is 2. The largest absolute Gasteiger partial charge is 0.352 e. The summed E-state index contributed by atoms with van der Waals surface area (Å²) in [6.07, 6.45) is 0.787. The average Bonchev–Trinajstić information content (AvgIpc) is 2.32. The topological polar surface area (TPSA) is 55.1 Å². The SMILES string of the molecule is CCC(CN)C(=O)NCc1cc(C)ccc1C. The van der Waals surface area contributed by atoms with Gasteiger partial charge in [0, 0.05) is 19.0 Å². The van der Waals surface area contributed by atoms with Crippen molar-refractivity contribution in [1.82, 2.24) is 5.32 Å². The van der Waals surface area contributed by atoms with E-state index >= 15 is 0 Å². The lowest BCUT2D eigenvalue weighted by Gasteiger charge is -2.14. The van der Waals surface area contributed by atoms with Crippen molar-refractivity contribution in [3.63, 3.8) is 0 Å². The fourth-order valence-corrected chi connectivity index (χ4v) is 1.78. The van der Waals surface area contributed by atoms with Gasteiger partial charge in [-0.15, -0.1) is 0 Å². The second kappa shape index (κ2) is 6.40. The molecule has 0 aromatic heterocycles. The van der Waals surface area contributed by atoms with Gasteiger partial charge < -0.3 is 11.1 Å². The third-order valence-corrected chi connectivity index (χ3v) is 3.11. The molecule has 0 bridgehead atoms. The van der Waals surface area contributed by atoms with Crippen molar-refractivity contribution in [2.75, 3.05) is 6.54 Å². The summed E-state index contributed by atoms with van der Waals surface area (Å²) in [6, 6.07) is 6.27. The van der Waals surface area contributed by atoms with Gasteiger partial charge in [-0.2, -0.15) is 0 Å². The molecule has 0 radical (unpaired) electrons. The minimum Gasteiger partial charge on any atom is -0.352 e. The zero-order chi connectivity index (χ0) is 12.8. The normalized spacial score (nSPS) is 12.2. The van der Waals surface area contributed by atoms with Crippen LogP contribution in [0.4, 0.5) is 0 Å². The molecule has 1 rings (SSSR count). The lowest BCUT2D eigenvalue weighted by Crippen LogP contribution is -2.34. The molecule has 0 aliphatic heterocycles. The van der Waals surface area contributed by atoms with Crippen LogP contribution in [-0.4, -0.2) is 12.5 Å². The Morgan fingerprint density at radius 1 is 1.41 bits per heavy atom. The Balaban J connectivity index is 2.61. The van der Waals surface area contributed by atoms with Gasteiger partial charge in [0.1, 0.15) is 0 Å². The fourth-order valence-electron chi connectivity index (χ4n) is 1.78. The number of benzene rings is 1. The summed E-state index contributed by atoms with van der Waals surface area (Å²) >= 11 is 0. The molecule has 0 fully saturated rings. The van der Waals surface area contributed by atoms with Crippen LogP contribution < -0.4 is 11.1 Å². The molecule has 0 aliphatic carbocycles. The van der Waals surface area contributed by atoms with Crippen molar-refractivity contribution in [2.45, 2.75) is 33.7 Å². The molecular formula is C14H22N2O. The Hall–Kier alpha value is -1.35. The molecule has 94 valence electrons. The summed E-state index contributed by atoms with van der Waals surface area (Å²) in [4.78, 5) is 11.8. The maximum Gasteiger partial charge on any atom is 0.224 e. The molecule has 3 N–H and O–H groups in total. The lowest BCUT2D eigenvalue weighted by atomic mass is 10.0. The molecule has 17 heavy (non-hydrogen) atoms. The van der Waals surface area contributed by atoms with E-state index < -0.39 is 0 Å². The summed E-state index contributed by atoms with van der Waals surface area (Å²) < 4.78 is 0. The number of hydrogen-bond donors (Lipinski definition) is 2. The molecule has 0 saturated heterocycles. The van der Waals surface area contributed by atoms with Crippen LogP contribution in [0.5, 0.6) is 0 Å². The number of aryl methyl sites for hydroxylation is 2. The molecular weight excluding hydrogens is 212 g/mol. The van der Waals surface area contributed by atoms with E-state index in [1.807, 2.05) is 6.92 Å². The molecule has 0 heterocycles. The highest BCUT2D eigenvalue weighted by molar-refractivity contribution is 5.78. The van der Waals surface area contributed by atoms with Gasteiger partial charge in [0.05, 0.1) is 0 Å². The minimum absolute atomic E-state index is 0.0518. The molecule has 1 aromatic carbocycles. The molecule has 0 saturated carbocycles. The highest BCUT2D eigenvalue weighted by atomic mass is 16.1. The van der Waals surface area contributed by atoms with E-state index in [1.165, 1.54) is 16.7 Å². The Bertz CT molecular complexity index is 384. The van der Waals surface area contributed by atoms with Crippen LogP contribution in [0.2, 0.25) is 0 Å². The van der Waals surface area contributed by atoms with Gasteiger partial charge in [-0.1, -0.05) is 30.7 Å². The predicted molar refractivity (Wildman–Crippen MR) is 70.6 cm³/mol. The smallest absolute Gasteiger partial charge is 0.224 e. The first-order valence-electron chi connectivity index (χ1n) is 6.12. The van der Waals surface area contributed by atoms with Gasteiger partial charge >= 0.3 is 0 Å². The van der Waals surface area contributed by atoms with Crippen molar-refractivity contribution >= 4 is 5.91 Å². The standard InChI is InChI=1S/C14H22N2O/c1-4-12(8-15)14(17)16-9-13-7-10(2)5-6-11(13)3/h5-7,12H,4,8-9,15H2,1-3H3,(H,16,17). The van der Waals surface area contributed by atoms with Crippen LogP contribution in [0.1, 0.15) is 30.0 Å². The van der Waals surface area contributed by atoms with Crippen molar-refractivity contribution in [1.29, 1.82) is 0 Å². The van der Waals surface area contributed by atoms with Crippen molar-refractivity contribution in [3.05, 3.63) is 34.9 Å². The van der Waals surface area contributed by atoms with Crippen LogP contribution >= 0.6 is 0 Å². The van der Waals surface area contributed by atoms with E-state index in [0.29, 0.717) is 13.1 Å². The van der Waals surface area contributed by atoms with Crippen LogP contribution in [-0.2, 0) is 11.3 Å². The summed E-state index contributed by atoms with van der Waals surface area (Å²) in [7, 11) is 0. The van der Waals surface area contributed by atoms with Crippen LogP contribution in [0.25, 0.3) is 0 Å². The Morgan fingerprint density at radius 3 is 2.71 bits per heavy atom. The summed E-state index contributed by atoms with van der Waals surface area (Å²) in [5.74, 6) is -0.0176. The van der Waals surface area contributed by atoms with Gasteiger partial charge in [-0.05, 0) is 31.4 Å². The monoisotopic (exact) mass is 234 g/mol. The first kappa shape index (κ1) is 13.7. The lowest BCUT2D eigenvalue weighted by molar-refractivity contribution is -0.124. The summed E-state index contributed by atoms with van der Waals surface area (Å²) in [5, 5.41) is 2.95. The van der Waals surface area contributed by atoms with E-state index in [2.05, 4.69) is 37.4 Å². The highest BCUT2D eigenvalue weighted by Gasteiger charge is 2.13. The minimum atomic E-state index is -0.0693. The second-order valence-corrected chi connectivity index (χ2v) is 4.49. The van der Waals surface area contributed by atoms with Crippen LogP contribution in [0.3, 0.4) is 0 Å². The zero-order valence-corrected chi connectivity index (χ0v) is 10.9.